The van der Waals surface area contributed by atoms with Crippen molar-refractivity contribution in [3.8, 4) is 28.5 Å². The summed E-state index contributed by atoms with van der Waals surface area (Å²) in [6, 6.07) is 17.6. The predicted octanol–water partition coefficient (Wildman–Crippen LogP) is 5.09. The Balaban J connectivity index is 1.40. The predicted molar refractivity (Wildman–Crippen MR) is 120 cm³/mol. The maximum atomic E-state index is 10.8. The van der Waals surface area contributed by atoms with E-state index in [2.05, 4.69) is 20.3 Å². The second-order valence-corrected chi connectivity index (χ2v) is 7.91. The number of non-ortho nitro benzene ring substituents is 1. The van der Waals surface area contributed by atoms with Gasteiger partial charge >= 0.3 is 0 Å². The number of thioether (sulfide) groups is 1. The number of furan rings is 1. The van der Waals surface area contributed by atoms with E-state index >= 15 is 0 Å². The Morgan fingerprint density at radius 3 is 2.55 bits per heavy atom. The van der Waals surface area contributed by atoms with Crippen molar-refractivity contribution in [1.82, 2.24) is 24.9 Å². The minimum Gasteiger partial charge on any atom is -0.469 e. The van der Waals surface area contributed by atoms with Crippen LogP contribution in [-0.2, 0) is 5.75 Å². The molecule has 33 heavy (non-hydrogen) atoms. The molecule has 5 aromatic rings. The highest BCUT2D eigenvalue weighted by Crippen LogP contribution is 2.31. The Bertz CT molecular complexity index is 1410. The summed E-state index contributed by atoms with van der Waals surface area (Å²) in [6.07, 6.45) is 1.62. The van der Waals surface area contributed by atoms with Crippen molar-refractivity contribution in [2.75, 3.05) is 0 Å². The lowest BCUT2D eigenvalue weighted by Gasteiger charge is -2.09. The summed E-state index contributed by atoms with van der Waals surface area (Å²) in [5.41, 5.74) is 2.40. The van der Waals surface area contributed by atoms with Gasteiger partial charge < -0.3 is 8.94 Å². The molecule has 0 aliphatic carbocycles. The van der Waals surface area contributed by atoms with Gasteiger partial charge in [-0.3, -0.25) is 14.7 Å². The van der Waals surface area contributed by atoms with Gasteiger partial charge in [-0.25, -0.2) is 0 Å². The van der Waals surface area contributed by atoms with Gasteiger partial charge in [0.25, 0.3) is 5.69 Å². The summed E-state index contributed by atoms with van der Waals surface area (Å²) in [4.78, 5) is 14.8. The quantitative estimate of drug-likeness (QED) is 0.185. The van der Waals surface area contributed by atoms with Gasteiger partial charge in [-0.05, 0) is 37.3 Å². The highest BCUT2D eigenvalue weighted by molar-refractivity contribution is 7.98. The number of rotatable bonds is 7. The number of nitrogens with zero attached hydrogens (tertiary/aromatic N) is 6. The standard InChI is InChI=1S/C22H16N6O4S/c1-14-18(11-12-31-14)21-24-25-22(27(21)16-5-3-2-4-6-16)33-13-19-23-20(26-32-19)15-7-9-17(10-8-15)28(29)30/h2-12H,13H2,1H3. The molecule has 2 aromatic carbocycles. The molecule has 0 bridgehead atoms. The van der Waals surface area contributed by atoms with Gasteiger partial charge in [-0.15, -0.1) is 10.2 Å². The Labute approximate surface area is 191 Å². The first kappa shape index (κ1) is 20.6. The van der Waals surface area contributed by atoms with Gasteiger partial charge in [-0.1, -0.05) is 35.1 Å². The van der Waals surface area contributed by atoms with Crippen LogP contribution in [0.2, 0.25) is 0 Å². The van der Waals surface area contributed by atoms with E-state index in [4.69, 9.17) is 8.94 Å². The number of para-hydroxylation sites is 1. The van der Waals surface area contributed by atoms with E-state index in [1.54, 1.807) is 18.4 Å². The van der Waals surface area contributed by atoms with E-state index in [0.717, 1.165) is 17.0 Å². The highest BCUT2D eigenvalue weighted by atomic mass is 32.2. The first-order valence-corrected chi connectivity index (χ1v) is 10.8. The van der Waals surface area contributed by atoms with Crippen LogP contribution in [-0.4, -0.2) is 29.8 Å². The van der Waals surface area contributed by atoms with E-state index in [9.17, 15) is 10.1 Å². The van der Waals surface area contributed by atoms with Crippen LogP contribution in [0.15, 0.2) is 81.0 Å². The summed E-state index contributed by atoms with van der Waals surface area (Å²) in [7, 11) is 0. The molecule has 0 aliphatic heterocycles. The molecule has 0 amide bonds. The number of aromatic nitrogens is 5. The summed E-state index contributed by atoms with van der Waals surface area (Å²) < 4.78 is 12.8. The van der Waals surface area contributed by atoms with Gasteiger partial charge in [0.05, 0.1) is 22.5 Å². The average Bonchev–Trinajstić information content (AvgIpc) is 3.58. The Kier molecular flexibility index (Phi) is 5.45. The van der Waals surface area contributed by atoms with Crippen molar-refractivity contribution >= 4 is 17.4 Å². The summed E-state index contributed by atoms with van der Waals surface area (Å²) in [6.45, 7) is 1.88. The Hall–Kier alpha value is -4.25. The lowest BCUT2D eigenvalue weighted by Crippen LogP contribution is -1.99. The molecule has 0 radical (unpaired) electrons. The maximum absolute atomic E-state index is 10.8. The van der Waals surface area contributed by atoms with Crippen LogP contribution in [0.25, 0.3) is 28.5 Å². The number of aryl methyl sites for hydroxylation is 1. The fourth-order valence-corrected chi connectivity index (χ4v) is 4.04. The first-order chi connectivity index (χ1) is 16.1. The summed E-state index contributed by atoms with van der Waals surface area (Å²) in [5.74, 6) is 2.56. The van der Waals surface area contributed by atoms with Crippen LogP contribution in [0.5, 0.6) is 0 Å². The zero-order valence-corrected chi connectivity index (χ0v) is 18.1. The van der Waals surface area contributed by atoms with Crippen LogP contribution < -0.4 is 0 Å². The van der Waals surface area contributed by atoms with Crippen molar-refractivity contribution < 1.29 is 13.9 Å². The minimum atomic E-state index is -0.454. The van der Waals surface area contributed by atoms with Crippen LogP contribution >= 0.6 is 11.8 Å². The molecule has 0 atom stereocenters. The van der Waals surface area contributed by atoms with E-state index in [1.807, 2.05) is 47.9 Å². The van der Waals surface area contributed by atoms with Crippen LogP contribution in [0, 0.1) is 17.0 Å². The van der Waals surface area contributed by atoms with E-state index in [0.29, 0.717) is 34.0 Å². The molecule has 0 spiro atoms. The number of hydrogen-bond donors (Lipinski definition) is 0. The lowest BCUT2D eigenvalue weighted by atomic mass is 10.2. The third kappa shape index (κ3) is 4.13. The number of hydrogen-bond acceptors (Lipinski definition) is 9. The molecule has 11 heteroatoms. The van der Waals surface area contributed by atoms with Gasteiger partial charge in [0, 0.05) is 23.4 Å². The van der Waals surface area contributed by atoms with Crippen molar-refractivity contribution in [2.45, 2.75) is 17.8 Å². The molecular formula is C22H16N6O4S. The van der Waals surface area contributed by atoms with E-state index in [1.165, 1.54) is 23.9 Å². The third-order valence-corrected chi connectivity index (χ3v) is 5.79. The number of nitro groups is 1. The molecule has 0 saturated carbocycles. The van der Waals surface area contributed by atoms with Crippen molar-refractivity contribution in [3.05, 3.63) is 88.7 Å². The smallest absolute Gasteiger partial charge is 0.269 e. The van der Waals surface area contributed by atoms with Gasteiger partial charge in [0.15, 0.2) is 11.0 Å². The molecule has 164 valence electrons. The SMILES string of the molecule is Cc1occc1-c1nnc(SCc2nc(-c3ccc([N+](=O)[O-])cc3)no2)n1-c1ccccc1. The molecule has 0 fully saturated rings. The van der Waals surface area contributed by atoms with Crippen LogP contribution in [0.3, 0.4) is 0 Å². The van der Waals surface area contributed by atoms with Crippen LogP contribution in [0.1, 0.15) is 11.7 Å². The Morgan fingerprint density at radius 2 is 1.85 bits per heavy atom. The normalized spacial score (nSPS) is 11.1. The first-order valence-electron chi connectivity index (χ1n) is 9.85. The fraction of sp³-hybridized carbons (Fsp3) is 0.0909. The minimum absolute atomic E-state index is 0.00179. The molecule has 3 aromatic heterocycles. The molecule has 0 unspecified atom stereocenters. The Morgan fingerprint density at radius 1 is 1.06 bits per heavy atom. The monoisotopic (exact) mass is 460 g/mol. The van der Waals surface area contributed by atoms with Crippen LogP contribution in [0.4, 0.5) is 5.69 Å². The lowest BCUT2D eigenvalue weighted by molar-refractivity contribution is -0.384. The molecular weight excluding hydrogens is 444 g/mol. The average molecular weight is 460 g/mol. The fourth-order valence-electron chi connectivity index (χ4n) is 3.25. The van der Waals surface area contributed by atoms with Gasteiger partial charge in [0.2, 0.25) is 11.7 Å². The second kappa shape index (κ2) is 8.71. The maximum Gasteiger partial charge on any atom is 0.269 e. The molecule has 0 N–H and O–H groups in total. The molecule has 0 saturated heterocycles. The van der Waals surface area contributed by atoms with E-state index in [-0.39, 0.29) is 5.69 Å². The molecule has 5 rings (SSSR count). The summed E-state index contributed by atoms with van der Waals surface area (Å²) in [5, 5.41) is 24.2. The van der Waals surface area contributed by atoms with Crippen molar-refractivity contribution in [3.63, 3.8) is 0 Å². The van der Waals surface area contributed by atoms with E-state index < -0.39 is 4.92 Å². The molecule has 0 aliphatic rings. The largest absolute Gasteiger partial charge is 0.469 e. The molecule has 3 heterocycles. The zero-order chi connectivity index (χ0) is 22.8. The third-order valence-electron chi connectivity index (χ3n) is 4.88. The van der Waals surface area contributed by atoms with Gasteiger partial charge in [0.1, 0.15) is 5.76 Å². The van der Waals surface area contributed by atoms with Crippen molar-refractivity contribution in [2.24, 2.45) is 0 Å². The summed E-state index contributed by atoms with van der Waals surface area (Å²) >= 11 is 1.41. The second-order valence-electron chi connectivity index (χ2n) is 6.97. The van der Waals surface area contributed by atoms with Gasteiger partial charge in [-0.2, -0.15) is 4.98 Å². The number of nitro benzene ring substituents is 1. The number of benzene rings is 2. The molecule has 10 nitrogen and oxygen atoms in total. The zero-order valence-electron chi connectivity index (χ0n) is 17.3. The highest BCUT2D eigenvalue weighted by Gasteiger charge is 2.20. The van der Waals surface area contributed by atoms with Crippen molar-refractivity contribution in [1.29, 1.82) is 0 Å². The topological polar surface area (TPSA) is 126 Å².